The molecule has 0 aliphatic heterocycles. The second-order valence-corrected chi connectivity index (χ2v) is 5.33. The molecular weight excluding hydrogens is 379 g/mol. The second-order valence-electron chi connectivity index (χ2n) is 4.41. The molecule has 0 saturated carbocycles. The number of nitrogens with one attached hydrogen (secondary N) is 1. The van der Waals surface area contributed by atoms with Crippen molar-refractivity contribution in [1.29, 1.82) is 0 Å². The van der Waals surface area contributed by atoms with Gasteiger partial charge in [-0.1, -0.05) is 28.1 Å². The van der Waals surface area contributed by atoms with Gasteiger partial charge in [-0.15, -0.1) is 0 Å². The highest BCUT2D eigenvalue weighted by Crippen LogP contribution is 2.34. The molecule has 0 spiro atoms. The lowest BCUT2D eigenvalue weighted by Gasteiger charge is -2.08. The zero-order valence-corrected chi connectivity index (χ0v) is 12.9. The van der Waals surface area contributed by atoms with Crippen molar-refractivity contribution in [2.45, 2.75) is 6.18 Å². The van der Waals surface area contributed by atoms with Gasteiger partial charge in [0.05, 0.1) is 16.7 Å². The van der Waals surface area contributed by atoms with Crippen LogP contribution in [-0.4, -0.2) is 11.1 Å². The molecule has 2 aromatic carbocycles. The Balaban J connectivity index is 2.24. The molecule has 0 aliphatic carbocycles. The third kappa shape index (κ3) is 4.52. The fourth-order valence-corrected chi connectivity index (χ4v) is 2.13. The number of benzene rings is 2. The van der Waals surface area contributed by atoms with Crippen molar-refractivity contribution in [2.24, 2.45) is 5.10 Å². The summed E-state index contributed by atoms with van der Waals surface area (Å²) in [6.45, 7) is 0. The number of alkyl halides is 3. The average Bonchev–Trinajstić information content (AvgIpc) is 2.46. The van der Waals surface area contributed by atoms with Crippen molar-refractivity contribution in [3.8, 4) is 0 Å². The molecule has 2 rings (SSSR count). The molecule has 0 unspecified atom stereocenters. The van der Waals surface area contributed by atoms with Gasteiger partial charge in [-0.25, -0.2) is 0 Å². The van der Waals surface area contributed by atoms with Gasteiger partial charge >= 0.3 is 6.18 Å². The molecule has 2 aromatic rings. The summed E-state index contributed by atoms with van der Waals surface area (Å²) in [6, 6.07) is 9.28. The smallest absolute Gasteiger partial charge is 0.272 e. The molecule has 120 valence electrons. The first kappa shape index (κ1) is 16.9. The second kappa shape index (κ2) is 6.78. The van der Waals surface area contributed by atoms with Crippen LogP contribution in [0.4, 0.5) is 24.5 Å². The molecule has 0 radical (unpaired) electrons. The van der Waals surface area contributed by atoms with E-state index in [0.29, 0.717) is 11.6 Å². The minimum absolute atomic E-state index is 0.130. The zero-order chi connectivity index (χ0) is 17.0. The molecule has 0 aliphatic rings. The van der Waals surface area contributed by atoms with Gasteiger partial charge in [-0.3, -0.25) is 15.5 Å². The molecule has 0 bridgehead atoms. The van der Waals surface area contributed by atoms with E-state index in [1.54, 1.807) is 18.2 Å². The van der Waals surface area contributed by atoms with Crippen molar-refractivity contribution in [3.63, 3.8) is 0 Å². The molecule has 9 heteroatoms. The van der Waals surface area contributed by atoms with E-state index in [-0.39, 0.29) is 5.69 Å². The van der Waals surface area contributed by atoms with Crippen molar-refractivity contribution in [1.82, 2.24) is 0 Å². The van der Waals surface area contributed by atoms with Crippen LogP contribution < -0.4 is 5.43 Å². The number of hydrogen-bond acceptors (Lipinski definition) is 4. The summed E-state index contributed by atoms with van der Waals surface area (Å²) in [6.07, 6.45) is -3.25. The summed E-state index contributed by atoms with van der Waals surface area (Å²) in [4.78, 5) is 10.0. The quantitative estimate of drug-likeness (QED) is 0.464. The summed E-state index contributed by atoms with van der Waals surface area (Å²) >= 11 is 3.28. The molecule has 0 heterocycles. The summed E-state index contributed by atoms with van der Waals surface area (Å²) in [7, 11) is 0. The van der Waals surface area contributed by atoms with Gasteiger partial charge in [0.2, 0.25) is 0 Å². The lowest BCUT2D eigenvalue weighted by atomic mass is 10.1. The van der Waals surface area contributed by atoms with E-state index in [1.807, 2.05) is 6.07 Å². The number of nitrogens with zero attached hydrogens (tertiary/aromatic N) is 2. The Labute approximate surface area is 137 Å². The summed E-state index contributed by atoms with van der Waals surface area (Å²) < 4.78 is 38.6. The minimum atomic E-state index is -4.65. The van der Waals surface area contributed by atoms with Gasteiger partial charge in [-0.05, 0) is 29.8 Å². The van der Waals surface area contributed by atoms with E-state index in [4.69, 9.17) is 0 Å². The van der Waals surface area contributed by atoms with Crippen molar-refractivity contribution < 1.29 is 18.1 Å². The van der Waals surface area contributed by atoms with Crippen molar-refractivity contribution >= 4 is 33.5 Å². The standard InChI is InChI=1S/C14H9BrF3N3O2/c15-11-3-1-2-9(6-11)8-19-20-12-5-4-10(14(16,17)18)7-13(12)21(22)23/h1-8,20H/b19-8+. The number of nitro groups is 1. The van der Waals surface area contributed by atoms with Crippen molar-refractivity contribution in [2.75, 3.05) is 5.43 Å². The molecule has 23 heavy (non-hydrogen) atoms. The van der Waals surface area contributed by atoms with Crippen LogP contribution >= 0.6 is 15.9 Å². The molecule has 0 aromatic heterocycles. The molecule has 0 amide bonds. The molecular formula is C14H9BrF3N3O2. The highest BCUT2D eigenvalue weighted by atomic mass is 79.9. The number of nitro benzene ring substituents is 1. The average molecular weight is 388 g/mol. The molecule has 5 nitrogen and oxygen atoms in total. The van der Waals surface area contributed by atoms with Gasteiger partial charge in [0.1, 0.15) is 5.69 Å². The Bertz CT molecular complexity index is 763. The highest BCUT2D eigenvalue weighted by Gasteiger charge is 2.33. The number of anilines is 1. The Morgan fingerprint density at radius 1 is 1.22 bits per heavy atom. The summed E-state index contributed by atoms with van der Waals surface area (Å²) in [5.41, 5.74) is 1.17. The maximum atomic E-state index is 12.6. The van der Waals surface area contributed by atoms with Crippen LogP contribution in [0.15, 0.2) is 52.0 Å². The Hall–Kier alpha value is -2.42. The van der Waals surface area contributed by atoms with Gasteiger partial charge in [0, 0.05) is 10.5 Å². The van der Waals surface area contributed by atoms with Crippen LogP contribution in [0.1, 0.15) is 11.1 Å². The van der Waals surface area contributed by atoms with Gasteiger partial charge in [-0.2, -0.15) is 18.3 Å². The number of hydrazone groups is 1. The SMILES string of the molecule is O=[N+]([O-])c1cc(C(F)(F)F)ccc1N/N=C/c1cccc(Br)c1. The Kier molecular flexibility index (Phi) is 4.99. The third-order valence-corrected chi connectivity index (χ3v) is 3.26. The topological polar surface area (TPSA) is 67.5 Å². The van der Waals surface area contributed by atoms with Crippen molar-refractivity contribution in [3.05, 3.63) is 68.2 Å². The highest BCUT2D eigenvalue weighted by molar-refractivity contribution is 9.10. The summed E-state index contributed by atoms with van der Waals surface area (Å²) in [5, 5.41) is 14.7. The lowest BCUT2D eigenvalue weighted by Crippen LogP contribution is -2.06. The van der Waals surface area contributed by atoms with Gasteiger partial charge in [0.25, 0.3) is 5.69 Å². The molecule has 0 saturated heterocycles. The van der Waals surface area contributed by atoms with E-state index in [2.05, 4.69) is 26.5 Å². The first-order valence-corrected chi connectivity index (χ1v) is 6.97. The Morgan fingerprint density at radius 2 is 1.96 bits per heavy atom. The molecule has 0 fully saturated rings. The minimum Gasteiger partial charge on any atom is -0.272 e. The molecule has 1 N–H and O–H groups in total. The lowest BCUT2D eigenvalue weighted by molar-refractivity contribution is -0.384. The van der Waals surface area contributed by atoms with Gasteiger partial charge in [0.15, 0.2) is 0 Å². The van der Waals surface area contributed by atoms with Crippen LogP contribution in [0.5, 0.6) is 0 Å². The Morgan fingerprint density at radius 3 is 2.57 bits per heavy atom. The van der Waals surface area contributed by atoms with Gasteiger partial charge < -0.3 is 0 Å². The van der Waals surface area contributed by atoms with Crippen LogP contribution in [0, 0.1) is 10.1 Å². The van der Waals surface area contributed by atoms with Crippen LogP contribution in [0.25, 0.3) is 0 Å². The third-order valence-electron chi connectivity index (χ3n) is 2.77. The predicted molar refractivity (Wildman–Crippen MR) is 83.5 cm³/mol. The fourth-order valence-electron chi connectivity index (χ4n) is 1.72. The number of hydrogen-bond donors (Lipinski definition) is 1. The predicted octanol–water partition coefficient (Wildman–Crippen LogP) is 4.82. The van der Waals surface area contributed by atoms with Crippen LogP contribution in [0.2, 0.25) is 0 Å². The van der Waals surface area contributed by atoms with E-state index < -0.39 is 22.4 Å². The largest absolute Gasteiger partial charge is 0.416 e. The van der Waals surface area contributed by atoms with E-state index in [0.717, 1.165) is 16.6 Å². The van der Waals surface area contributed by atoms with E-state index in [1.165, 1.54) is 6.21 Å². The van der Waals surface area contributed by atoms with Crippen LogP contribution in [-0.2, 0) is 6.18 Å². The monoisotopic (exact) mass is 387 g/mol. The normalized spacial score (nSPS) is 11.7. The summed E-state index contributed by atoms with van der Waals surface area (Å²) in [5.74, 6) is 0. The van der Waals surface area contributed by atoms with E-state index in [9.17, 15) is 23.3 Å². The maximum absolute atomic E-state index is 12.6. The van der Waals surface area contributed by atoms with Crippen LogP contribution in [0.3, 0.4) is 0 Å². The zero-order valence-electron chi connectivity index (χ0n) is 11.3. The number of halogens is 4. The van der Waals surface area contributed by atoms with E-state index >= 15 is 0 Å². The fraction of sp³-hybridized carbons (Fsp3) is 0.0714. The maximum Gasteiger partial charge on any atom is 0.416 e. The first-order valence-electron chi connectivity index (χ1n) is 6.17. The molecule has 0 atom stereocenters. The first-order chi connectivity index (χ1) is 10.8. The number of rotatable bonds is 4.